The zero-order valence-corrected chi connectivity index (χ0v) is 10.9. The lowest BCUT2D eigenvalue weighted by atomic mass is 9.80. The summed E-state index contributed by atoms with van der Waals surface area (Å²) in [6, 6.07) is 6.06. The molecule has 1 aromatic carbocycles. The maximum absolute atomic E-state index is 13.3. The van der Waals surface area contributed by atoms with Crippen molar-refractivity contribution < 1.29 is 14.3 Å². The van der Waals surface area contributed by atoms with Crippen LogP contribution in [-0.4, -0.2) is 11.1 Å². The fraction of sp³-hybridized carbons (Fsp3) is 0.562. The van der Waals surface area contributed by atoms with Crippen LogP contribution in [0.1, 0.15) is 43.6 Å². The first kappa shape index (κ1) is 12.6. The van der Waals surface area contributed by atoms with Crippen molar-refractivity contribution in [2.75, 3.05) is 0 Å². The number of hydrogen-bond donors (Lipinski definition) is 1. The molecule has 19 heavy (non-hydrogen) atoms. The van der Waals surface area contributed by atoms with Crippen LogP contribution in [-0.2, 0) is 4.79 Å². The zero-order chi connectivity index (χ0) is 13.4. The summed E-state index contributed by atoms with van der Waals surface area (Å²) in [4.78, 5) is 11.5. The molecule has 3 rings (SSSR count). The number of hydrogen-bond acceptors (Lipinski definition) is 1. The second-order valence-corrected chi connectivity index (χ2v) is 6.12. The van der Waals surface area contributed by atoms with Crippen molar-refractivity contribution in [2.24, 2.45) is 17.8 Å². The van der Waals surface area contributed by atoms with Gasteiger partial charge < -0.3 is 5.11 Å². The van der Waals surface area contributed by atoms with Gasteiger partial charge in [-0.15, -0.1) is 0 Å². The minimum Gasteiger partial charge on any atom is -0.481 e. The van der Waals surface area contributed by atoms with Gasteiger partial charge in [-0.1, -0.05) is 18.6 Å². The number of fused-ring (bicyclic) bond motifs is 2. The molecule has 2 aliphatic rings. The maximum Gasteiger partial charge on any atom is 0.310 e. The van der Waals surface area contributed by atoms with Gasteiger partial charge >= 0.3 is 5.97 Å². The van der Waals surface area contributed by atoms with Crippen LogP contribution in [0.4, 0.5) is 4.39 Å². The lowest BCUT2D eigenvalue weighted by Gasteiger charge is -2.25. The molecule has 4 atom stereocenters. The summed E-state index contributed by atoms with van der Waals surface area (Å²) < 4.78 is 13.3. The molecule has 2 nitrogen and oxygen atoms in total. The van der Waals surface area contributed by atoms with Crippen LogP contribution in [0, 0.1) is 23.6 Å². The first-order chi connectivity index (χ1) is 9.13. The molecule has 0 aromatic heterocycles. The van der Waals surface area contributed by atoms with Crippen molar-refractivity contribution >= 4 is 5.97 Å². The van der Waals surface area contributed by atoms with Crippen LogP contribution >= 0.6 is 0 Å². The van der Waals surface area contributed by atoms with E-state index in [1.807, 2.05) is 0 Å². The fourth-order valence-electron chi connectivity index (χ4n) is 4.07. The molecule has 2 aliphatic carbocycles. The Morgan fingerprint density at radius 3 is 2.79 bits per heavy atom. The van der Waals surface area contributed by atoms with Crippen molar-refractivity contribution in [3.63, 3.8) is 0 Å². The monoisotopic (exact) mass is 262 g/mol. The van der Waals surface area contributed by atoms with Crippen LogP contribution < -0.4 is 0 Å². The number of halogens is 1. The second-order valence-electron chi connectivity index (χ2n) is 6.12. The van der Waals surface area contributed by atoms with Gasteiger partial charge in [0.15, 0.2) is 0 Å². The first-order valence-corrected chi connectivity index (χ1v) is 7.11. The molecule has 4 unspecified atom stereocenters. The molecule has 0 aliphatic heterocycles. The Morgan fingerprint density at radius 1 is 1.37 bits per heavy atom. The van der Waals surface area contributed by atoms with E-state index in [1.165, 1.54) is 37.8 Å². The molecule has 2 saturated carbocycles. The van der Waals surface area contributed by atoms with E-state index in [2.05, 4.69) is 0 Å². The maximum atomic E-state index is 13.3. The summed E-state index contributed by atoms with van der Waals surface area (Å²) in [7, 11) is 0. The van der Waals surface area contributed by atoms with Gasteiger partial charge in [-0.3, -0.25) is 4.79 Å². The lowest BCUT2D eigenvalue weighted by Crippen LogP contribution is -2.19. The fourth-order valence-corrected chi connectivity index (χ4v) is 4.07. The number of aliphatic carboxylic acids is 1. The molecule has 0 amide bonds. The molecule has 3 heteroatoms. The minimum absolute atomic E-state index is 0.350. The molecular weight excluding hydrogens is 243 g/mol. The van der Waals surface area contributed by atoms with Gasteiger partial charge in [-0.25, -0.2) is 4.39 Å². The van der Waals surface area contributed by atoms with Crippen molar-refractivity contribution in [2.45, 2.75) is 38.0 Å². The molecular formula is C16H19FO2. The Balaban J connectivity index is 1.76. The van der Waals surface area contributed by atoms with Gasteiger partial charge in [0.05, 0.1) is 5.92 Å². The van der Waals surface area contributed by atoms with Crippen LogP contribution in [0.15, 0.2) is 24.3 Å². The predicted molar refractivity (Wildman–Crippen MR) is 70.3 cm³/mol. The highest BCUT2D eigenvalue weighted by Crippen LogP contribution is 2.51. The van der Waals surface area contributed by atoms with E-state index >= 15 is 0 Å². The summed E-state index contributed by atoms with van der Waals surface area (Å²) >= 11 is 0. The van der Waals surface area contributed by atoms with E-state index in [0.717, 1.165) is 5.92 Å². The molecule has 0 radical (unpaired) electrons. The van der Waals surface area contributed by atoms with Gasteiger partial charge in [0.1, 0.15) is 5.82 Å². The van der Waals surface area contributed by atoms with Crippen molar-refractivity contribution in [3.8, 4) is 0 Å². The van der Waals surface area contributed by atoms with E-state index in [1.54, 1.807) is 12.1 Å². The second kappa shape index (κ2) is 4.95. The van der Waals surface area contributed by atoms with Gasteiger partial charge in [-0.05, 0) is 61.1 Å². The molecule has 1 aromatic rings. The van der Waals surface area contributed by atoms with Crippen molar-refractivity contribution in [1.82, 2.24) is 0 Å². The summed E-state index contributed by atoms with van der Waals surface area (Å²) in [5, 5.41) is 9.43. The highest BCUT2D eigenvalue weighted by atomic mass is 19.1. The van der Waals surface area contributed by atoms with Crippen LogP contribution in [0.5, 0.6) is 0 Å². The third-order valence-electron chi connectivity index (χ3n) is 4.97. The summed E-state index contributed by atoms with van der Waals surface area (Å²) in [6.07, 6.45) is 5.69. The number of benzene rings is 1. The van der Waals surface area contributed by atoms with Gasteiger partial charge in [0.2, 0.25) is 0 Å². The standard InChI is InChI=1S/C16H19FO2/c17-14-3-1-2-12(8-14)15(16(18)19)9-13-7-10-4-5-11(13)6-10/h1-3,8,10-11,13,15H,4-7,9H2,(H,18,19). The van der Waals surface area contributed by atoms with Crippen molar-refractivity contribution in [1.29, 1.82) is 0 Å². The van der Waals surface area contributed by atoms with E-state index in [9.17, 15) is 14.3 Å². The third-order valence-corrected chi connectivity index (χ3v) is 4.97. The molecule has 0 spiro atoms. The van der Waals surface area contributed by atoms with E-state index in [0.29, 0.717) is 23.8 Å². The number of carbonyl (C=O) groups is 1. The predicted octanol–water partition coefficient (Wildman–Crippen LogP) is 3.82. The Hall–Kier alpha value is -1.38. The average Bonchev–Trinajstić information content (AvgIpc) is 2.97. The number of carboxylic acid groups (broad SMARTS) is 1. The lowest BCUT2D eigenvalue weighted by molar-refractivity contribution is -0.139. The van der Waals surface area contributed by atoms with E-state index in [-0.39, 0.29) is 5.82 Å². The van der Waals surface area contributed by atoms with Gasteiger partial charge in [0, 0.05) is 0 Å². The highest BCUT2D eigenvalue weighted by Gasteiger charge is 2.41. The van der Waals surface area contributed by atoms with E-state index < -0.39 is 11.9 Å². The molecule has 0 heterocycles. The Bertz CT molecular complexity index is 485. The van der Waals surface area contributed by atoms with Crippen LogP contribution in [0.25, 0.3) is 0 Å². The molecule has 2 fully saturated rings. The molecule has 102 valence electrons. The SMILES string of the molecule is O=C(O)C(CC1CC2CCC1C2)c1cccc(F)c1. The van der Waals surface area contributed by atoms with Gasteiger partial charge in [0.25, 0.3) is 0 Å². The normalized spacial score (nSPS) is 30.5. The minimum atomic E-state index is -0.826. The van der Waals surface area contributed by atoms with Crippen LogP contribution in [0.2, 0.25) is 0 Å². The average molecular weight is 262 g/mol. The quantitative estimate of drug-likeness (QED) is 0.895. The van der Waals surface area contributed by atoms with E-state index in [4.69, 9.17) is 0 Å². The van der Waals surface area contributed by atoms with Crippen molar-refractivity contribution in [3.05, 3.63) is 35.6 Å². The van der Waals surface area contributed by atoms with Gasteiger partial charge in [-0.2, -0.15) is 0 Å². The molecule has 0 saturated heterocycles. The summed E-state index contributed by atoms with van der Waals surface area (Å²) in [5.74, 6) is 0.311. The summed E-state index contributed by atoms with van der Waals surface area (Å²) in [5.41, 5.74) is 0.607. The third kappa shape index (κ3) is 2.51. The number of rotatable bonds is 4. The highest BCUT2D eigenvalue weighted by molar-refractivity contribution is 5.76. The molecule has 1 N–H and O–H groups in total. The summed E-state index contributed by atoms with van der Waals surface area (Å²) in [6.45, 7) is 0. The Labute approximate surface area is 112 Å². The number of carboxylic acids is 1. The Morgan fingerprint density at radius 2 is 2.21 bits per heavy atom. The zero-order valence-electron chi connectivity index (χ0n) is 10.9. The smallest absolute Gasteiger partial charge is 0.310 e. The largest absolute Gasteiger partial charge is 0.481 e. The molecule has 2 bridgehead atoms. The topological polar surface area (TPSA) is 37.3 Å². The first-order valence-electron chi connectivity index (χ1n) is 7.11. The van der Waals surface area contributed by atoms with Crippen LogP contribution in [0.3, 0.4) is 0 Å². The Kier molecular flexibility index (Phi) is 3.29.